The summed E-state index contributed by atoms with van der Waals surface area (Å²) in [7, 11) is 0. The smallest absolute Gasteiger partial charge is 0.123 e. The summed E-state index contributed by atoms with van der Waals surface area (Å²) in [5.41, 5.74) is 2.86. The monoisotopic (exact) mass is 274 g/mol. The van der Waals surface area contributed by atoms with Gasteiger partial charge in [0.1, 0.15) is 5.82 Å². The third-order valence-corrected chi connectivity index (χ3v) is 4.36. The average molecular weight is 274 g/mol. The van der Waals surface area contributed by atoms with Crippen molar-refractivity contribution >= 4 is 0 Å². The van der Waals surface area contributed by atoms with E-state index in [4.69, 9.17) is 4.74 Å². The molecule has 0 radical (unpaired) electrons. The number of aliphatic hydroxyl groups excluding tert-OH is 1. The van der Waals surface area contributed by atoms with Crippen LogP contribution in [0.25, 0.3) is 11.3 Å². The lowest BCUT2D eigenvalue weighted by Gasteiger charge is -2.33. The molecule has 0 spiro atoms. The number of rotatable bonds is 1. The Morgan fingerprint density at radius 3 is 3.15 bits per heavy atom. The Bertz CT molecular complexity index is 655. The van der Waals surface area contributed by atoms with Crippen LogP contribution < -0.4 is 0 Å². The first kappa shape index (κ1) is 12.1. The maximum absolute atomic E-state index is 13.5. The Morgan fingerprint density at radius 2 is 2.30 bits per heavy atom. The molecule has 3 heterocycles. The molecule has 2 aliphatic heterocycles. The zero-order valence-corrected chi connectivity index (χ0v) is 10.9. The van der Waals surface area contributed by atoms with Crippen molar-refractivity contribution < 1.29 is 14.2 Å². The summed E-state index contributed by atoms with van der Waals surface area (Å²) in [5.74, 6) is -0.173. The standard InChI is InChI=1S/C15H15FN2O2/c16-9-1-2-10-12(5-9)13-6-17-8-18(13)15(10)11-3-4-20-7-14(11)19/h1-2,5-6,8,11,14-15,19H,3-4,7H2/t11-,14-,15?/m0/s1. The molecular weight excluding hydrogens is 259 g/mol. The van der Waals surface area contributed by atoms with Crippen LogP contribution in [-0.2, 0) is 4.74 Å². The van der Waals surface area contributed by atoms with Crippen LogP contribution in [0.5, 0.6) is 0 Å². The molecule has 2 aromatic rings. The van der Waals surface area contributed by atoms with Crippen LogP contribution in [0.4, 0.5) is 4.39 Å². The predicted octanol–water partition coefficient (Wildman–Crippen LogP) is 1.99. The molecule has 1 fully saturated rings. The molecule has 3 atom stereocenters. The zero-order valence-electron chi connectivity index (χ0n) is 10.9. The van der Waals surface area contributed by atoms with Gasteiger partial charge in [0, 0.05) is 18.1 Å². The maximum atomic E-state index is 13.5. The van der Waals surface area contributed by atoms with Gasteiger partial charge in [-0.3, -0.25) is 0 Å². The molecule has 0 amide bonds. The van der Waals surface area contributed by atoms with Crippen LogP contribution in [0.1, 0.15) is 18.0 Å². The second-order valence-corrected chi connectivity index (χ2v) is 5.46. The normalized spacial score (nSPS) is 28.2. The van der Waals surface area contributed by atoms with Gasteiger partial charge in [0.15, 0.2) is 0 Å². The molecule has 4 nitrogen and oxygen atoms in total. The molecule has 2 aliphatic rings. The molecule has 20 heavy (non-hydrogen) atoms. The van der Waals surface area contributed by atoms with Crippen molar-refractivity contribution in [2.75, 3.05) is 13.2 Å². The van der Waals surface area contributed by atoms with Crippen molar-refractivity contribution in [3.05, 3.63) is 42.1 Å². The molecular formula is C15H15FN2O2. The Kier molecular flexibility index (Phi) is 2.65. The van der Waals surface area contributed by atoms with Crippen molar-refractivity contribution in [1.29, 1.82) is 0 Å². The van der Waals surface area contributed by atoms with Crippen molar-refractivity contribution in [2.45, 2.75) is 18.6 Å². The third-order valence-electron chi connectivity index (χ3n) is 4.36. The minimum Gasteiger partial charge on any atom is -0.390 e. The lowest BCUT2D eigenvalue weighted by molar-refractivity contribution is -0.0540. The van der Waals surface area contributed by atoms with Crippen LogP contribution in [0, 0.1) is 11.7 Å². The number of fused-ring (bicyclic) bond motifs is 3. The first-order valence-corrected chi connectivity index (χ1v) is 6.83. The molecule has 1 aromatic heterocycles. The van der Waals surface area contributed by atoms with E-state index in [-0.39, 0.29) is 17.8 Å². The number of nitrogens with zero attached hydrogens (tertiary/aromatic N) is 2. The van der Waals surface area contributed by atoms with E-state index in [1.165, 1.54) is 6.07 Å². The van der Waals surface area contributed by atoms with Crippen molar-refractivity contribution in [2.24, 2.45) is 5.92 Å². The van der Waals surface area contributed by atoms with E-state index in [1.807, 2.05) is 10.6 Å². The summed E-state index contributed by atoms with van der Waals surface area (Å²) in [6.07, 6.45) is 3.81. The molecule has 1 saturated heterocycles. The van der Waals surface area contributed by atoms with Crippen LogP contribution >= 0.6 is 0 Å². The SMILES string of the molecule is O[C@H]1COCC[C@@H]1C1c2ccc(F)cc2-c2cncn21. The van der Waals surface area contributed by atoms with E-state index >= 15 is 0 Å². The fraction of sp³-hybridized carbons (Fsp3) is 0.400. The van der Waals surface area contributed by atoms with Gasteiger partial charge in [-0.15, -0.1) is 0 Å². The summed E-state index contributed by atoms with van der Waals surface area (Å²) < 4.78 is 20.9. The summed E-state index contributed by atoms with van der Waals surface area (Å²) in [4.78, 5) is 4.17. The highest BCUT2D eigenvalue weighted by molar-refractivity contribution is 5.69. The number of ether oxygens (including phenoxy) is 1. The fourth-order valence-corrected chi connectivity index (χ4v) is 3.44. The highest BCUT2D eigenvalue weighted by Gasteiger charge is 2.39. The highest BCUT2D eigenvalue weighted by atomic mass is 19.1. The molecule has 104 valence electrons. The van der Waals surface area contributed by atoms with Crippen molar-refractivity contribution in [3.8, 4) is 11.3 Å². The summed E-state index contributed by atoms with van der Waals surface area (Å²) >= 11 is 0. The highest BCUT2D eigenvalue weighted by Crippen LogP contribution is 2.45. The number of hydrogen-bond acceptors (Lipinski definition) is 3. The Morgan fingerprint density at radius 1 is 1.40 bits per heavy atom. The van der Waals surface area contributed by atoms with Crippen LogP contribution in [-0.4, -0.2) is 34.0 Å². The minimum absolute atomic E-state index is 0.0157. The van der Waals surface area contributed by atoms with Crippen LogP contribution in [0.3, 0.4) is 0 Å². The third kappa shape index (κ3) is 1.63. The number of halogens is 1. The molecule has 1 aromatic carbocycles. The van der Waals surface area contributed by atoms with Gasteiger partial charge in [0.05, 0.1) is 37.0 Å². The Balaban J connectivity index is 1.85. The van der Waals surface area contributed by atoms with E-state index < -0.39 is 6.10 Å². The Hall–Kier alpha value is -1.72. The number of aromatic nitrogens is 2. The molecule has 4 rings (SSSR count). The summed E-state index contributed by atoms with van der Waals surface area (Å²) in [6.45, 7) is 1.01. The molecule has 5 heteroatoms. The maximum Gasteiger partial charge on any atom is 0.123 e. The van der Waals surface area contributed by atoms with E-state index in [0.29, 0.717) is 13.2 Å². The van der Waals surface area contributed by atoms with Gasteiger partial charge in [-0.1, -0.05) is 6.07 Å². The molecule has 1 N–H and O–H groups in total. The first-order valence-electron chi connectivity index (χ1n) is 6.83. The molecule has 1 unspecified atom stereocenters. The Labute approximate surface area is 115 Å². The van der Waals surface area contributed by atoms with Gasteiger partial charge in [0.2, 0.25) is 0 Å². The lowest BCUT2D eigenvalue weighted by atomic mass is 9.85. The molecule has 0 saturated carbocycles. The molecule has 0 aliphatic carbocycles. The fourth-order valence-electron chi connectivity index (χ4n) is 3.44. The van der Waals surface area contributed by atoms with E-state index in [2.05, 4.69) is 4.98 Å². The lowest BCUT2D eigenvalue weighted by Crippen LogP contribution is -2.37. The number of benzene rings is 1. The van der Waals surface area contributed by atoms with Gasteiger partial charge in [0.25, 0.3) is 0 Å². The van der Waals surface area contributed by atoms with Gasteiger partial charge in [-0.2, -0.15) is 0 Å². The minimum atomic E-state index is -0.500. The largest absolute Gasteiger partial charge is 0.390 e. The second-order valence-electron chi connectivity index (χ2n) is 5.46. The van der Waals surface area contributed by atoms with Gasteiger partial charge >= 0.3 is 0 Å². The second kappa shape index (κ2) is 4.40. The van der Waals surface area contributed by atoms with Gasteiger partial charge in [-0.25, -0.2) is 9.37 Å². The predicted molar refractivity (Wildman–Crippen MR) is 70.7 cm³/mol. The van der Waals surface area contributed by atoms with Gasteiger partial charge < -0.3 is 14.4 Å². The number of aliphatic hydroxyl groups is 1. The average Bonchev–Trinajstić information content (AvgIpc) is 3.00. The van der Waals surface area contributed by atoms with Gasteiger partial charge in [-0.05, 0) is 24.1 Å². The van der Waals surface area contributed by atoms with Crippen molar-refractivity contribution in [3.63, 3.8) is 0 Å². The van der Waals surface area contributed by atoms with Crippen molar-refractivity contribution in [1.82, 2.24) is 9.55 Å². The molecule has 0 bridgehead atoms. The summed E-state index contributed by atoms with van der Waals surface area (Å²) in [6, 6.07) is 4.87. The van der Waals surface area contributed by atoms with E-state index in [0.717, 1.165) is 23.2 Å². The van der Waals surface area contributed by atoms with Crippen LogP contribution in [0.15, 0.2) is 30.7 Å². The zero-order chi connectivity index (χ0) is 13.7. The first-order chi connectivity index (χ1) is 9.75. The summed E-state index contributed by atoms with van der Waals surface area (Å²) in [5, 5.41) is 10.2. The van der Waals surface area contributed by atoms with Crippen LogP contribution in [0.2, 0.25) is 0 Å². The van der Waals surface area contributed by atoms with E-state index in [9.17, 15) is 9.50 Å². The van der Waals surface area contributed by atoms with E-state index in [1.54, 1.807) is 18.6 Å². The quantitative estimate of drug-likeness (QED) is 0.865. The number of hydrogen-bond donors (Lipinski definition) is 1. The topological polar surface area (TPSA) is 47.3 Å². The number of imidazole rings is 1.